The Hall–Kier alpha value is -0.660. The van der Waals surface area contributed by atoms with Gasteiger partial charge in [-0.1, -0.05) is 48.5 Å². The van der Waals surface area contributed by atoms with Crippen molar-refractivity contribution in [1.82, 2.24) is 0 Å². The first-order chi connectivity index (χ1) is 14.8. The second kappa shape index (κ2) is 6.72. The van der Waals surface area contributed by atoms with Gasteiger partial charge in [-0.3, -0.25) is 4.79 Å². The Morgan fingerprint density at radius 1 is 0.719 bits per heavy atom. The maximum absolute atomic E-state index is 12.7. The lowest BCUT2D eigenvalue weighted by atomic mass is 9.30. The van der Waals surface area contributed by atoms with Gasteiger partial charge in [-0.25, -0.2) is 0 Å². The van der Waals surface area contributed by atoms with Crippen LogP contribution in [0, 0.1) is 56.2 Å². The van der Waals surface area contributed by atoms with E-state index in [0.717, 1.165) is 31.6 Å². The lowest BCUT2D eigenvalue weighted by Gasteiger charge is -2.74. The minimum atomic E-state index is -0.128. The Morgan fingerprint density at radius 2 is 1.34 bits per heavy atom. The van der Waals surface area contributed by atoms with Gasteiger partial charge >= 0.3 is 0 Å². The van der Waals surface area contributed by atoms with Crippen LogP contribution in [-0.2, 0) is 9.59 Å². The van der Waals surface area contributed by atoms with E-state index in [0.29, 0.717) is 39.3 Å². The van der Waals surface area contributed by atoms with Crippen molar-refractivity contribution >= 4 is 12.1 Å². The van der Waals surface area contributed by atoms with Crippen LogP contribution < -0.4 is 0 Å². The predicted octanol–water partition coefficient (Wildman–Crippen LogP) is 7.64. The van der Waals surface area contributed by atoms with Crippen LogP contribution in [0.25, 0.3) is 0 Å². The minimum absolute atomic E-state index is 0.128. The fourth-order valence-electron chi connectivity index (χ4n) is 11.1. The molecule has 0 amide bonds. The molecule has 0 aromatic rings. The van der Waals surface area contributed by atoms with Gasteiger partial charge < -0.3 is 4.79 Å². The summed E-state index contributed by atoms with van der Waals surface area (Å²) in [5.74, 6) is 2.83. The highest BCUT2D eigenvalue weighted by molar-refractivity contribution is 5.82. The molecule has 0 heterocycles. The van der Waals surface area contributed by atoms with Gasteiger partial charge in [0, 0.05) is 17.8 Å². The first-order valence-electron chi connectivity index (χ1n) is 13.8. The molecule has 5 aliphatic carbocycles. The highest BCUT2D eigenvalue weighted by Crippen LogP contribution is 2.78. The Balaban J connectivity index is 1.55. The third-order valence-corrected chi connectivity index (χ3v) is 13.8. The van der Waals surface area contributed by atoms with Gasteiger partial charge in [-0.15, -0.1) is 0 Å². The van der Waals surface area contributed by atoms with Gasteiger partial charge in [0.05, 0.1) is 0 Å². The van der Waals surface area contributed by atoms with Crippen molar-refractivity contribution in [2.24, 2.45) is 56.2 Å². The van der Waals surface area contributed by atoms with Crippen molar-refractivity contribution in [3.63, 3.8) is 0 Å². The fraction of sp³-hybridized carbons (Fsp3) is 0.933. The molecule has 0 radical (unpaired) electrons. The summed E-state index contributed by atoms with van der Waals surface area (Å²) < 4.78 is 0. The Bertz CT molecular complexity index is 833. The van der Waals surface area contributed by atoms with E-state index in [4.69, 9.17) is 0 Å². The molecule has 0 bridgehead atoms. The van der Waals surface area contributed by atoms with E-state index in [1.54, 1.807) is 0 Å². The van der Waals surface area contributed by atoms with E-state index >= 15 is 0 Å². The van der Waals surface area contributed by atoms with Crippen molar-refractivity contribution in [3.05, 3.63) is 0 Å². The van der Waals surface area contributed by atoms with Crippen LogP contribution in [0.2, 0.25) is 0 Å². The summed E-state index contributed by atoms with van der Waals surface area (Å²) in [7, 11) is 0. The molecule has 2 nitrogen and oxygen atoms in total. The summed E-state index contributed by atoms with van der Waals surface area (Å²) >= 11 is 0. The van der Waals surface area contributed by atoms with Crippen molar-refractivity contribution in [2.75, 3.05) is 0 Å². The number of Topliss-reactive ketones (excluding diaryl/α,β-unsaturated/α-hetero) is 1. The molecule has 5 rings (SSSR count). The molecule has 5 aliphatic rings. The highest BCUT2D eigenvalue weighted by Gasteiger charge is 2.71. The van der Waals surface area contributed by atoms with Gasteiger partial charge in [-0.2, -0.15) is 0 Å². The molecule has 10 atom stereocenters. The van der Waals surface area contributed by atoms with Crippen LogP contribution >= 0.6 is 0 Å². The van der Waals surface area contributed by atoms with E-state index in [2.05, 4.69) is 48.5 Å². The first kappa shape index (κ1) is 23.1. The molecule has 0 spiro atoms. The number of hydrogen-bond acceptors (Lipinski definition) is 2. The molecule has 0 aromatic heterocycles. The zero-order valence-corrected chi connectivity index (χ0v) is 22.0. The standard InChI is InChI=1S/C30H48O2/c1-20-21(32)8-9-22-27(20,4)11-10-23-28(22,5)15-17-30(7)24-18-25(2,19-31)12-13-26(24,3)14-16-29(23,30)6/h19-20,22-24H,8-18H2,1-7H3/t20-,22+,23-,24+,25-,26+,27+,28-,29+,30-/m0/s1. The smallest absolute Gasteiger partial charge is 0.136 e. The number of ketones is 1. The first-order valence-corrected chi connectivity index (χ1v) is 13.8. The Kier molecular flexibility index (Phi) is 4.85. The third kappa shape index (κ3) is 2.65. The predicted molar refractivity (Wildman–Crippen MR) is 130 cm³/mol. The zero-order chi connectivity index (χ0) is 23.4. The maximum Gasteiger partial charge on any atom is 0.136 e. The number of aldehydes is 1. The van der Waals surface area contributed by atoms with Crippen molar-refractivity contribution in [1.29, 1.82) is 0 Å². The second-order valence-electron chi connectivity index (χ2n) is 14.9. The summed E-state index contributed by atoms with van der Waals surface area (Å²) in [6, 6.07) is 0. The number of carbonyl (C=O) groups is 2. The van der Waals surface area contributed by atoms with E-state index < -0.39 is 0 Å². The van der Waals surface area contributed by atoms with E-state index in [9.17, 15) is 9.59 Å². The lowest BCUT2D eigenvalue weighted by Crippen LogP contribution is -2.67. The quantitative estimate of drug-likeness (QED) is 0.393. The summed E-state index contributed by atoms with van der Waals surface area (Å²) in [6.45, 7) is 17.4. The average molecular weight is 441 g/mol. The van der Waals surface area contributed by atoms with Crippen LogP contribution in [0.4, 0.5) is 0 Å². The van der Waals surface area contributed by atoms with Crippen molar-refractivity contribution in [3.8, 4) is 0 Å². The van der Waals surface area contributed by atoms with Gasteiger partial charge in [0.25, 0.3) is 0 Å². The van der Waals surface area contributed by atoms with Crippen LogP contribution in [0.5, 0.6) is 0 Å². The molecule has 0 aromatic carbocycles. The number of carbonyl (C=O) groups excluding carboxylic acids is 2. The van der Waals surface area contributed by atoms with Crippen LogP contribution in [-0.4, -0.2) is 12.1 Å². The molecule has 0 N–H and O–H groups in total. The zero-order valence-electron chi connectivity index (χ0n) is 22.0. The Morgan fingerprint density at radius 3 is 2.03 bits per heavy atom. The minimum Gasteiger partial charge on any atom is -0.303 e. The molecule has 32 heavy (non-hydrogen) atoms. The number of hydrogen-bond donors (Lipinski definition) is 0. The van der Waals surface area contributed by atoms with E-state index in [1.807, 2.05) is 0 Å². The largest absolute Gasteiger partial charge is 0.303 e. The van der Waals surface area contributed by atoms with Crippen molar-refractivity contribution < 1.29 is 9.59 Å². The van der Waals surface area contributed by atoms with Gasteiger partial charge in [0.15, 0.2) is 0 Å². The average Bonchev–Trinajstić information content (AvgIpc) is 2.75. The molecule has 5 saturated carbocycles. The molecule has 0 unspecified atom stereocenters. The molecule has 0 aliphatic heterocycles. The van der Waals surface area contributed by atoms with E-state index in [-0.39, 0.29) is 16.7 Å². The summed E-state index contributed by atoms with van der Waals surface area (Å²) in [4.78, 5) is 24.8. The lowest BCUT2D eigenvalue weighted by molar-refractivity contribution is -0.255. The topological polar surface area (TPSA) is 34.1 Å². The molecule has 5 fully saturated rings. The van der Waals surface area contributed by atoms with Crippen LogP contribution in [0.15, 0.2) is 0 Å². The molecule has 180 valence electrons. The van der Waals surface area contributed by atoms with Crippen LogP contribution in [0.3, 0.4) is 0 Å². The normalized spacial score (nSPS) is 59.9. The van der Waals surface area contributed by atoms with Gasteiger partial charge in [0.1, 0.15) is 12.1 Å². The van der Waals surface area contributed by atoms with Gasteiger partial charge in [-0.05, 0) is 109 Å². The maximum atomic E-state index is 12.7. The molecular weight excluding hydrogens is 392 g/mol. The molecule has 2 heteroatoms. The van der Waals surface area contributed by atoms with Crippen molar-refractivity contribution in [2.45, 2.75) is 119 Å². The van der Waals surface area contributed by atoms with Gasteiger partial charge in [0.2, 0.25) is 0 Å². The van der Waals surface area contributed by atoms with E-state index in [1.165, 1.54) is 51.2 Å². The highest BCUT2D eigenvalue weighted by atomic mass is 16.1. The summed E-state index contributed by atoms with van der Waals surface area (Å²) in [6.07, 6.45) is 14.4. The number of fused-ring (bicyclic) bond motifs is 7. The molecule has 0 saturated heterocycles. The fourth-order valence-corrected chi connectivity index (χ4v) is 11.1. The van der Waals surface area contributed by atoms with Crippen LogP contribution in [0.1, 0.15) is 119 Å². The SMILES string of the molecule is C[C@H]1C(=O)CC[C@@H]2[C@]1(C)CC[C@H]1[C@@]2(C)CC[C@@]2(C)[C@@H]3C[C@@](C)(C=O)CC[C@]3(C)CC[C@]12C. The molecular formula is C30H48O2. The summed E-state index contributed by atoms with van der Waals surface area (Å²) in [5.41, 5.74) is 1.48. The Labute approximate surface area is 197 Å². The monoisotopic (exact) mass is 440 g/mol. The summed E-state index contributed by atoms with van der Waals surface area (Å²) in [5, 5.41) is 0. The number of rotatable bonds is 1. The third-order valence-electron chi connectivity index (χ3n) is 13.8. The second-order valence-corrected chi connectivity index (χ2v) is 14.9.